The molecule has 0 aliphatic heterocycles. The molecule has 2 nitrogen and oxygen atoms in total. The van der Waals surface area contributed by atoms with Crippen LogP contribution in [0.3, 0.4) is 0 Å². The maximum atomic E-state index is 8.61. The summed E-state index contributed by atoms with van der Waals surface area (Å²) in [5, 5.41) is 8.61. The molecule has 0 fully saturated rings. The Hall–Kier alpha value is -0.860. The first-order valence-corrected chi connectivity index (χ1v) is 5.17. The van der Waals surface area contributed by atoms with Crippen LogP contribution in [-0.4, -0.2) is 11.7 Å². The highest BCUT2D eigenvalue weighted by Gasteiger charge is 2.03. The third-order valence-corrected chi connectivity index (χ3v) is 2.35. The van der Waals surface area contributed by atoms with Gasteiger partial charge in [-0.3, -0.25) is 0 Å². The molecule has 2 heteroatoms. The molecule has 1 aromatic carbocycles. The molecule has 1 atom stereocenters. The van der Waals surface area contributed by atoms with Crippen LogP contribution in [0.2, 0.25) is 0 Å². The SMILES string of the molecule is NC(CCCCCO)c1cc[c]cc1. The van der Waals surface area contributed by atoms with Crippen LogP contribution in [0, 0.1) is 6.07 Å². The van der Waals surface area contributed by atoms with Crippen LogP contribution in [-0.2, 0) is 0 Å². The highest BCUT2D eigenvalue weighted by Crippen LogP contribution is 2.16. The lowest BCUT2D eigenvalue weighted by Crippen LogP contribution is -2.09. The Labute approximate surface area is 85.8 Å². The fraction of sp³-hybridized carbons (Fsp3) is 0.500. The number of hydrogen-bond acceptors (Lipinski definition) is 2. The minimum atomic E-state index is 0.128. The Morgan fingerprint density at radius 3 is 2.57 bits per heavy atom. The van der Waals surface area contributed by atoms with E-state index in [1.807, 2.05) is 24.3 Å². The van der Waals surface area contributed by atoms with E-state index in [9.17, 15) is 0 Å². The molecule has 0 aliphatic rings. The van der Waals surface area contributed by atoms with E-state index in [0.29, 0.717) is 0 Å². The Morgan fingerprint density at radius 1 is 1.21 bits per heavy atom. The summed E-state index contributed by atoms with van der Waals surface area (Å²) in [5.41, 5.74) is 7.17. The second-order valence-corrected chi connectivity index (χ2v) is 3.51. The fourth-order valence-corrected chi connectivity index (χ4v) is 1.47. The van der Waals surface area contributed by atoms with Gasteiger partial charge in [-0.25, -0.2) is 0 Å². The van der Waals surface area contributed by atoms with E-state index >= 15 is 0 Å². The summed E-state index contributed by atoms with van der Waals surface area (Å²) >= 11 is 0. The summed E-state index contributed by atoms with van der Waals surface area (Å²) in [6.07, 6.45) is 4.02. The van der Waals surface area contributed by atoms with Gasteiger partial charge in [-0.2, -0.15) is 0 Å². The minimum absolute atomic E-state index is 0.128. The summed E-state index contributed by atoms with van der Waals surface area (Å²) < 4.78 is 0. The van der Waals surface area contributed by atoms with Gasteiger partial charge in [0.15, 0.2) is 0 Å². The Bertz CT molecular complexity index is 235. The molecule has 77 valence electrons. The molecule has 1 rings (SSSR count). The van der Waals surface area contributed by atoms with Gasteiger partial charge >= 0.3 is 0 Å². The summed E-state index contributed by atoms with van der Waals surface area (Å²) in [4.78, 5) is 0. The van der Waals surface area contributed by atoms with Crippen LogP contribution >= 0.6 is 0 Å². The number of aliphatic hydroxyl groups excluding tert-OH is 1. The fourth-order valence-electron chi connectivity index (χ4n) is 1.47. The molecule has 0 bridgehead atoms. The largest absolute Gasteiger partial charge is 0.396 e. The van der Waals surface area contributed by atoms with Gasteiger partial charge < -0.3 is 10.8 Å². The zero-order valence-electron chi connectivity index (χ0n) is 8.45. The Balaban J connectivity index is 2.25. The standard InChI is InChI=1S/C12H18NO/c13-12(9-5-2-6-10-14)11-7-3-1-4-8-11/h3-4,7-8,12,14H,2,5-6,9-10,13H2. The Morgan fingerprint density at radius 2 is 1.93 bits per heavy atom. The first-order chi connectivity index (χ1) is 6.84. The van der Waals surface area contributed by atoms with Gasteiger partial charge in [-0.15, -0.1) is 0 Å². The number of nitrogens with two attached hydrogens (primary N) is 1. The van der Waals surface area contributed by atoms with Crippen molar-refractivity contribution >= 4 is 0 Å². The van der Waals surface area contributed by atoms with E-state index in [2.05, 4.69) is 6.07 Å². The maximum Gasteiger partial charge on any atom is 0.0431 e. The smallest absolute Gasteiger partial charge is 0.0431 e. The lowest BCUT2D eigenvalue weighted by Gasteiger charge is -2.10. The molecule has 0 aliphatic carbocycles. The monoisotopic (exact) mass is 192 g/mol. The predicted octanol–water partition coefficient (Wildman–Crippen LogP) is 2.04. The lowest BCUT2D eigenvalue weighted by molar-refractivity contribution is 0.282. The van der Waals surface area contributed by atoms with Crippen LogP contribution in [0.5, 0.6) is 0 Å². The van der Waals surface area contributed by atoms with Crippen LogP contribution in [0.15, 0.2) is 24.3 Å². The van der Waals surface area contributed by atoms with Crippen LogP contribution in [0.25, 0.3) is 0 Å². The van der Waals surface area contributed by atoms with Gasteiger partial charge in [0.1, 0.15) is 0 Å². The second kappa shape index (κ2) is 6.57. The Kier molecular flexibility index (Phi) is 5.27. The van der Waals surface area contributed by atoms with Crippen molar-refractivity contribution in [2.45, 2.75) is 31.7 Å². The first kappa shape index (κ1) is 11.2. The number of aliphatic hydroxyl groups is 1. The molecule has 1 radical (unpaired) electrons. The number of benzene rings is 1. The molecule has 0 spiro atoms. The van der Waals surface area contributed by atoms with Crippen molar-refractivity contribution < 1.29 is 5.11 Å². The minimum Gasteiger partial charge on any atom is -0.396 e. The third-order valence-electron chi connectivity index (χ3n) is 2.35. The maximum absolute atomic E-state index is 8.61. The van der Waals surface area contributed by atoms with Gasteiger partial charge in [0.25, 0.3) is 0 Å². The van der Waals surface area contributed by atoms with E-state index in [1.54, 1.807) is 0 Å². The molecule has 0 saturated carbocycles. The molecule has 1 aromatic rings. The van der Waals surface area contributed by atoms with Crippen molar-refractivity contribution in [1.82, 2.24) is 0 Å². The van der Waals surface area contributed by atoms with Gasteiger partial charge in [0.05, 0.1) is 0 Å². The third kappa shape index (κ3) is 3.90. The lowest BCUT2D eigenvalue weighted by atomic mass is 10.0. The number of rotatable bonds is 6. The van der Waals surface area contributed by atoms with E-state index in [1.165, 1.54) is 5.56 Å². The van der Waals surface area contributed by atoms with E-state index in [-0.39, 0.29) is 12.6 Å². The van der Waals surface area contributed by atoms with Crippen molar-refractivity contribution in [3.63, 3.8) is 0 Å². The van der Waals surface area contributed by atoms with E-state index < -0.39 is 0 Å². The van der Waals surface area contributed by atoms with Crippen LogP contribution < -0.4 is 5.73 Å². The topological polar surface area (TPSA) is 46.2 Å². The average Bonchev–Trinajstić information content (AvgIpc) is 2.25. The summed E-state index contributed by atoms with van der Waals surface area (Å²) in [6, 6.07) is 10.9. The number of hydrogen-bond donors (Lipinski definition) is 2. The molecule has 14 heavy (non-hydrogen) atoms. The van der Waals surface area contributed by atoms with Gasteiger partial charge in [-0.1, -0.05) is 37.1 Å². The molecule has 1 unspecified atom stereocenters. The molecule has 0 saturated heterocycles. The van der Waals surface area contributed by atoms with Gasteiger partial charge in [0.2, 0.25) is 0 Å². The first-order valence-electron chi connectivity index (χ1n) is 5.17. The molecule has 0 amide bonds. The molecule has 0 aromatic heterocycles. The highest BCUT2D eigenvalue weighted by atomic mass is 16.2. The number of unbranched alkanes of at least 4 members (excludes halogenated alkanes) is 2. The molecular formula is C12H18NO. The van der Waals surface area contributed by atoms with Crippen molar-refractivity contribution in [3.05, 3.63) is 35.9 Å². The van der Waals surface area contributed by atoms with Crippen molar-refractivity contribution in [2.75, 3.05) is 6.61 Å². The summed E-state index contributed by atoms with van der Waals surface area (Å²) in [5.74, 6) is 0. The second-order valence-electron chi connectivity index (χ2n) is 3.51. The van der Waals surface area contributed by atoms with E-state index in [4.69, 9.17) is 10.8 Å². The summed E-state index contributed by atoms with van der Waals surface area (Å²) in [7, 11) is 0. The average molecular weight is 192 g/mol. The van der Waals surface area contributed by atoms with Gasteiger partial charge in [-0.05, 0) is 24.5 Å². The molecular weight excluding hydrogens is 174 g/mol. The van der Waals surface area contributed by atoms with E-state index in [0.717, 1.165) is 25.7 Å². The van der Waals surface area contributed by atoms with Crippen LogP contribution in [0.1, 0.15) is 37.3 Å². The highest BCUT2D eigenvalue weighted by molar-refractivity contribution is 5.17. The van der Waals surface area contributed by atoms with Crippen molar-refractivity contribution in [1.29, 1.82) is 0 Å². The molecule has 0 heterocycles. The quantitative estimate of drug-likeness (QED) is 0.677. The predicted molar refractivity (Wildman–Crippen MR) is 57.8 cm³/mol. The summed E-state index contributed by atoms with van der Waals surface area (Å²) in [6.45, 7) is 0.287. The van der Waals surface area contributed by atoms with Crippen molar-refractivity contribution in [2.24, 2.45) is 5.73 Å². The van der Waals surface area contributed by atoms with Crippen molar-refractivity contribution in [3.8, 4) is 0 Å². The van der Waals surface area contributed by atoms with Crippen LogP contribution in [0.4, 0.5) is 0 Å². The van der Waals surface area contributed by atoms with Gasteiger partial charge in [0, 0.05) is 12.6 Å². The molecule has 3 N–H and O–H groups in total. The zero-order chi connectivity index (χ0) is 10.2. The zero-order valence-corrected chi connectivity index (χ0v) is 8.45. The normalized spacial score (nSPS) is 12.7.